The molecule has 1 N–H and O–H groups in total. The molecule has 28 heavy (non-hydrogen) atoms. The summed E-state index contributed by atoms with van der Waals surface area (Å²) in [5, 5.41) is 2.06. The zero-order chi connectivity index (χ0) is 20.5. The van der Waals surface area contributed by atoms with Crippen molar-refractivity contribution < 1.29 is 27.6 Å². The fourth-order valence-electron chi connectivity index (χ4n) is 2.69. The Labute approximate surface area is 157 Å². The van der Waals surface area contributed by atoms with E-state index in [0.29, 0.717) is 11.3 Å². The fraction of sp³-hybridized carbons (Fsp3) is 0.158. The van der Waals surface area contributed by atoms with Crippen LogP contribution in [0.15, 0.2) is 53.5 Å². The van der Waals surface area contributed by atoms with Crippen LogP contribution in [0.3, 0.4) is 0 Å². The van der Waals surface area contributed by atoms with E-state index >= 15 is 0 Å². The van der Waals surface area contributed by atoms with Crippen LogP contribution in [-0.2, 0) is 15.8 Å². The van der Waals surface area contributed by atoms with Crippen LogP contribution in [0.2, 0.25) is 0 Å². The zero-order valence-corrected chi connectivity index (χ0v) is 14.5. The first-order valence-electron chi connectivity index (χ1n) is 8.14. The second-order valence-electron chi connectivity index (χ2n) is 6.06. The van der Waals surface area contributed by atoms with Gasteiger partial charge in [0.1, 0.15) is 0 Å². The number of anilines is 1. The van der Waals surface area contributed by atoms with Gasteiger partial charge in [0.05, 0.1) is 16.9 Å². The summed E-state index contributed by atoms with van der Waals surface area (Å²) in [5.41, 5.74) is -0.0445. The number of hydrogen-bond acceptors (Lipinski definition) is 4. The van der Waals surface area contributed by atoms with Crippen molar-refractivity contribution in [2.45, 2.75) is 13.1 Å². The van der Waals surface area contributed by atoms with Crippen LogP contribution in [0, 0.1) is 12.8 Å². The minimum absolute atomic E-state index is 0.0743. The Balaban J connectivity index is 1.90. The SMILES string of the molecule is Cc1ccccc1N1C(=O)NC(=O)[C@H](C=Nc2cccc(C(F)(F)F)c2)C1=O. The third-order valence-electron chi connectivity index (χ3n) is 4.10. The Bertz CT molecular complexity index is 986. The van der Waals surface area contributed by atoms with E-state index in [0.717, 1.165) is 23.2 Å². The lowest BCUT2D eigenvalue weighted by Gasteiger charge is -2.29. The summed E-state index contributed by atoms with van der Waals surface area (Å²) in [6.07, 6.45) is -3.61. The minimum atomic E-state index is -4.54. The number of urea groups is 1. The third-order valence-corrected chi connectivity index (χ3v) is 4.10. The molecule has 9 heteroatoms. The Kier molecular flexibility index (Phi) is 5.00. The lowest BCUT2D eigenvalue weighted by molar-refractivity contribution is -0.137. The molecule has 1 saturated heterocycles. The van der Waals surface area contributed by atoms with Crippen LogP contribution in [0.4, 0.5) is 29.3 Å². The molecule has 2 aromatic carbocycles. The Morgan fingerprint density at radius 3 is 2.46 bits per heavy atom. The highest BCUT2D eigenvalue weighted by molar-refractivity contribution is 6.32. The van der Waals surface area contributed by atoms with Crippen molar-refractivity contribution in [3.63, 3.8) is 0 Å². The number of benzene rings is 2. The molecule has 6 nitrogen and oxygen atoms in total. The van der Waals surface area contributed by atoms with E-state index in [2.05, 4.69) is 10.3 Å². The number of carbonyl (C=O) groups is 3. The number of carbonyl (C=O) groups excluding carboxylic acids is 3. The lowest BCUT2D eigenvalue weighted by atomic mass is 10.0. The van der Waals surface area contributed by atoms with Gasteiger partial charge in [0.2, 0.25) is 5.91 Å². The maximum Gasteiger partial charge on any atom is 0.416 e. The van der Waals surface area contributed by atoms with Gasteiger partial charge in [0.15, 0.2) is 5.92 Å². The molecule has 0 saturated carbocycles. The van der Waals surface area contributed by atoms with Crippen molar-refractivity contribution in [3.05, 3.63) is 59.7 Å². The minimum Gasteiger partial charge on any atom is -0.276 e. The molecule has 1 aliphatic heterocycles. The van der Waals surface area contributed by atoms with Gasteiger partial charge in [0.25, 0.3) is 5.91 Å². The van der Waals surface area contributed by atoms with E-state index in [9.17, 15) is 27.6 Å². The first-order chi connectivity index (χ1) is 13.2. The summed E-state index contributed by atoms with van der Waals surface area (Å²) in [5.74, 6) is -3.18. The third kappa shape index (κ3) is 3.78. The van der Waals surface area contributed by atoms with Gasteiger partial charge in [-0.3, -0.25) is 19.9 Å². The molecule has 0 aromatic heterocycles. The molecule has 0 aliphatic carbocycles. The Hall–Kier alpha value is -3.49. The van der Waals surface area contributed by atoms with E-state index in [1.165, 1.54) is 12.1 Å². The molecular weight excluding hydrogens is 375 g/mol. The van der Waals surface area contributed by atoms with Crippen molar-refractivity contribution in [2.75, 3.05) is 4.90 Å². The number of alkyl halides is 3. The van der Waals surface area contributed by atoms with E-state index in [4.69, 9.17) is 0 Å². The molecule has 1 aliphatic rings. The fourth-order valence-corrected chi connectivity index (χ4v) is 2.69. The Morgan fingerprint density at radius 1 is 1.07 bits per heavy atom. The molecule has 1 atom stereocenters. The van der Waals surface area contributed by atoms with Gasteiger partial charge >= 0.3 is 12.2 Å². The molecule has 1 fully saturated rings. The molecule has 0 unspecified atom stereocenters. The molecule has 2 aromatic rings. The van der Waals surface area contributed by atoms with Gasteiger partial charge in [-0.05, 0) is 36.8 Å². The number of para-hydroxylation sites is 1. The maximum absolute atomic E-state index is 12.8. The van der Waals surface area contributed by atoms with Crippen molar-refractivity contribution in [3.8, 4) is 0 Å². The number of aryl methyl sites for hydroxylation is 1. The summed E-state index contributed by atoms with van der Waals surface area (Å²) in [6, 6.07) is 9.85. The van der Waals surface area contributed by atoms with Crippen LogP contribution in [-0.4, -0.2) is 24.1 Å². The zero-order valence-electron chi connectivity index (χ0n) is 14.5. The standard InChI is InChI=1S/C19H14F3N3O3/c1-11-5-2-3-8-15(11)25-17(27)14(16(26)24-18(25)28)10-23-13-7-4-6-12(9-13)19(20,21)22/h2-10,14H,1H3,(H,24,26,28)/t14-/m0/s1. The molecule has 0 spiro atoms. The average Bonchev–Trinajstić information content (AvgIpc) is 2.62. The number of halogens is 3. The molecule has 4 amide bonds. The monoisotopic (exact) mass is 389 g/mol. The number of imide groups is 2. The van der Waals surface area contributed by atoms with Crippen molar-refractivity contribution in [2.24, 2.45) is 10.9 Å². The van der Waals surface area contributed by atoms with Gasteiger partial charge in [-0.2, -0.15) is 13.2 Å². The highest BCUT2D eigenvalue weighted by atomic mass is 19.4. The highest BCUT2D eigenvalue weighted by Crippen LogP contribution is 2.31. The molecule has 0 radical (unpaired) electrons. The molecule has 0 bridgehead atoms. The largest absolute Gasteiger partial charge is 0.416 e. The summed E-state index contributed by atoms with van der Waals surface area (Å²) in [6.45, 7) is 1.69. The first kappa shape index (κ1) is 19.3. The second-order valence-corrected chi connectivity index (χ2v) is 6.06. The number of rotatable bonds is 3. The Morgan fingerprint density at radius 2 is 1.79 bits per heavy atom. The summed E-state index contributed by atoms with van der Waals surface area (Å²) >= 11 is 0. The highest BCUT2D eigenvalue weighted by Gasteiger charge is 2.41. The first-order valence-corrected chi connectivity index (χ1v) is 8.14. The molecule has 3 rings (SSSR count). The summed E-state index contributed by atoms with van der Waals surface area (Å²) in [4.78, 5) is 41.6. The number of barbiturate groups is 1. The van der Waals surface area contributed by atoms with Gasteiger partial charge in [-0.1, -0.05) is 24.3 Å². The average molecular weight is 389 g/mol. The maximum atomic E-state index is 12.8. The second kappa shape index (κ2) is 7.26. The summed E-state index contributed by atoms with van der Waals surface area (Å²) in [7, 11) is 0. The number of amides is 4. The molecular formula is C19H14F3N3O3. The number of aliphatic imine (C=N–C) groups is 1. The molecule has 144 valence electrons. The van der Waals surface area contributed by atoms with Gasteiger partial charge < -0.3 is 0 Å². The van der Waals surface area contributed by atoms with E-state index in [-0.39, 0.29) is 5.69 Å². The van der Waals surface area contributed by atoms with Crippen LogP contribution in [0.25, 0.3) is 0 Å². The van der Waals surface area contributed by atoms with Crippen molar-refractivity contribution >= 4 is 35.4 Å². The van der Waals surface area contributed by atoms with Crippen molar-refractivity contribution in [1.82, 2.24) is 5.32 Å². The van der Waals surface area contributed by atoms with Crippen LogP contribution < -0.4 is 10.2 Å². The van der Waals surface area contributed by atoms with Gasteiger partial charge in [-0.25, -0.2) is 9.69 Å². The van der Waals surface area contributed by atoms with E-state index in [1.54, 1.807) is 31.2 Å². The van der Waals surface area contributed by atoms with E-state index in [1.807, 2.05) is 0 Å². The van der Waals surface area contributed by atoms with Crippen LogP contribution in [0.1, 0.15) is 11.1 Å². The smallest absolute Gasteiger partial charge is 0.276 e. The lowest BCUT2D eigenvalue weighted by Crippen LogP contribution is -2.58. The number of hydrogen-bond donors (Lipinski definition) is 1. The number of nitrogens with one attached hydrogen (secondary N) is 1. The van der Waals surface area contributed by atoms with Crippen LogP contribution >= 0.6 is 0 Å². The van der Waals surface area contributed by atoms with Crippen LogP contribution in [0.5, 0.6) is 0 Å². The normalized spacial score (nSPS) is 17.9. The summed E-state index contributed by atoms with van der Waals surface area (Å²) < 4.78 is 38.4. The van der Waals surface area contributed by atoms with Gasteiger partial charge in [0, 0.05) is 6.21 Å². The van der Waals surface area contributed by atoms with Gasteiger partial charge in [-0.15, -0.1) is 0 Å². The predicted molar refractivity (Wildman–Crippen MR) is 95.3 cm³/mol. The van der Waals surface area contributed by atoms with Crippen molar-refractivity contribution in [1.29, 1.82) is 0 Å². The number of nitrogens with zero attached hydrogens (tertiary/aromatic N) is 2. The topological polar surface area (TPSA) is 78.8 Å². The van der Waals surface area contributed by atoms with E-state index < -0.39 is 35.5 Å². The predicted octanol–water partition coefficient (Wildman–Crippen LogP) is 3.62. The quantitative estimate of drug-likeness (QED) is 0.643. The molecule has 1 heterocycles.